The second kappa shape index (κ2) is 10.6. The van der Waals surface area contributed by atoms with Crippen LogP contribution in [0.2, 0.25) is 0 Å². The van der Waals surface area contributed by atoms with Crippen LogP contribution in [0.25, 0.3) is 0 Å². The Morgan fingerprint density at radius 2 is 1.88 bits per heavy atom. The molecule has 0 N–H and O–H groups in total. The van der Waals surface area contributed by atoms with Crippen molar-refractivity contribution in [2.45, 2.75) is 31.2 Å². The molecule has 4 rings (SSSR count). The highest BCUT2D eigenvalue weighted by atomic mass is 32.2. The highest BCUT2D eigenvalue weighted by molar-refractivity contribution is 8.14. The fourth-order valence-electron chi connectivity index (χ4n) is 3.83. The SMILES string of the molecule is CC(=O)SC1CC(COCc2cc(F)c(F)cc2F)N(C(=O)Oc2cccc3c2OCCO3)C1. The van der Waals surface area contributed by atoms with E-state index in [-0.39, 0.29) is 41.4 Å². The van der Waals surface area contributed by atoms with Crippen molar-refractivity contribution < 1.29 is 41.7 Å². The van der Waals surface area contributed by atoms with E-state index in [1.165, 1.54) is 11.8 Å². The van der Waals surface area contributed by atoms with Crippen LogP contribution in [0.3, 0.4) is 0 Å². The number of hydrogen-bond donors (Lipinski definition) is 0. The number of carbonyl (C=O) groups is 2. The molecular formula is C23H22F3NO6S. The molecule has 7 nitrogen and oxygen atoms in total. The molecule has 2 atom stereocenters. The van der Waals surface area contributed by atoms with Crippen LogP contribution in [0.4, 0.5) is 18.0 Å². The standard InChI is InChI=1S/C23H22F3NO6S/c1-13(28)34-16-8-15(12-30-11-14-7-18(25)19(26)9-17(14)24)27(10-16)23(29)33-21-4-2-3-20-22(21)32-6-5-31-20/h2-4,7,9,15-16H,5-6,8,10-12H2,1H3. The fraction of sp³-hybridized carbons (Fsp3) is 0.391. The van der Waals surface area contributed by atoms with Gasteiger partial charge < -0.3 is 23.8 Å². The Morgan fingerprint density at radius 3 is 2.68 bits per heavy atom. The molecule has 2 aliphatic rings. The molecule has 11 heteroatoms. The zero-order chi connectivity index (χ0) is 24.2. The zero-order valence-electron chi connectivity index (χ0n) is 18.2. The van der Waals surface area contributed by atoms with Gasteiger partial charge in [-0.05, 0) is 24.6 Å². The van der Waals surface area contributed by atoms with Crippen molar-refractivity contribution in [2.24, 2.45) is 0 Å². The first-order valence-electron chi connectivity index (χ1n) is 10.6. The minimum atomic E-state index is -1.28. The molecule has 2 heterocycles. The second-order valence-electron chi connectivity index (χ2n) is 7.79. The summed E-state index contributed by atoms with van der Waals surface area (Å²) in [5, 5.41) is -0.269. The Balaban J connectivity index is 1.44. The number of likely N-dealkylation sites (tertiary alicyclic amines) is 1. The van der Waals surface area contributed by atoms with Gasteiger partial charge in [0.05, 0.1) is 19.3 Å². The summed E-state index contributed by atoms with van der Waals surface area (Å²) in [5.74, 6) is -2.39. The number of nitrogens with zero attached hydrogens (tertiary/aromatic N) is 1. The van der Waals surface area contributed by atoms with E-state index >= 15 is 0 Å². The van der Waals surface area contributed by atoms with E-state index in [4.69, 9.17) is 18.9 Å². The molecule has 2 unspecified atom stereocenters. The van der Waals surface area contributed by atoms with Gasteiger partial charge in [-0.1, -0.05) is 17.8 Å². The predicted octanol–water partition coefficient (Wildman–Crippen LogP) is 4.31. The van der Waals surface area contributed by atoms with E-state index in [0.717, 1.165) is 17.8 Å². The molecule has 0 aromatic heterocycles. The number of para-hydroxylation sites is 1. The van der Waals surface area contributed by atoms with E-state index in [1.807, 2.05) is 0 Å². The first-order chi connectivity index (χ1) is 16.3. The maximum absolute atomic E-state index is 13.9. The molecule has 2 aromatic rings. The molecule has 0 aliphatic carbocycles. The monoisotopic (exact) mass is 497 g/mol. The number of benzene rings is 2. The van der Waals surface area contributed by atoms with Crippen molar-refractivity contribution in [1.29, 1.82) is 0 Å². The smallest absolute Gasteiger partial charge is 0.415 e. The van der Waals surface area contributed by atoms with Crippen molar-refractivity contribution in [2.75, 3.05) is 26.4 Å². The Labute approximate surface area is 198 Å². The summed E-state index contributed by atoms with van der Waals surface area (Å²) in [6, 6.07) is 5.68. The Morgan fingerprint density at radius 1 is 1.12 bits per heavy atom. The summed E-state index contributed by atoms with van der Waals surface area (Å²) in [6.45, 7) is 2.05. The van der Waals surface area contributed by atoms with Gasteiger partial charge in [-0.3, -0.25) is 4.79 Å². The van der Waals surface area contributed by atoms with Crippen LogP contribution < -0.4 is 14.2 Å². The lowest BCUT2D eigenvalue weighted by molar-refractivity contribution is -0.109. The molecule has 0 radical (unpaired) electrons. The molecule has 0 spiro atoms. The van der Waals surface area contributed by atoms with Crippen LogP contribution in [0.15, 0.2) is 30.3 Å². The zero-order valence-corrected chi connectivity index (χ0v) is 19.0. The minimum absolute atomic E-state index is 0.0188. The summed E-state index contributed by atoms with van der Waals surface area (Å²) in [6.07, 6.45) is -0.228. The van der Waals surface area contributed by atoms with Crippen molar-refractivity contribution in [3.8, 4) is 17.2 Å². The molecule has 1 fully saturated rings. The third kappa shape index (κ3) is 5.58. The van der Waals surface area contributed by atoms with Crippen LogP contribution in [-0.2, 0) is 16.1 Å². The Kier molecular flexibility index (Phi) is 7.52. The first kappa shape index (κ1) is 24.2. The normalized spacial score (nSPS) is 19.2. The fourth-order valence-corrected chi connectivity index (χ4v) is 4.86. The molecule has 1 amide bonds. The van der Waals surface area contributed by atoms with Crippen LogP contribution >= 0.6 is 11.8 Å². The summed E-state index contributed by atoms with van der Waals surface area (Å²) in [7, 11) is 0. The second-order valence-corrected chi connectivity index (χ2v) is 9.27. The molecular weight excluding hydrogens is 475 g/mol. The van der Waals surface area contributed by atoms with Crippen LogP contribution in [0.5, 0.6) is 17.2 Å². The predicted molar refractivity (Wildman–Crippen MR) is 117 cm³/mol. The van der Waals surface area contributed by atoms with E-state index in [0.29, 0.717) is 37.2 Å². The molecule has 1 saturated heterocycles. The quantitative estimate of drug-likeness (QED) is 0.551. The van der Waals surface area contributed by atoms with Gasteiger partial charge >= 0.3 is 6.09 Å². The number of rotatable bonds is 6. The minimum Gasteiger partial charge on any atom is -0.486 e. The number of ether oxygens (including phenoxy) is 4. The summed E-state index contributed by atoms with van der Waals surface area (Å²) < 4.78 is 62.6. The molecule has 182 valence electrons. The summed E-state index contributed by atoms with van der Waals surface area (Å²) in [4.78, 5) is 26.0. The highest BCUT2D eigenvalue weighted by Gasteiger charge is 2.38. The van der Waals surface area contributed by atoms with E-state index in [1.54, 1.807) is 18.2 Å². The molecule has 0 saturated carbocycles. The molecule has 2 aromatic carbocycles. The Hall–Kier alpha value is -2.92. The van der Waals surface area contributed by atoms with Gasteiger partial charge in [0.25, 0.3) is 0 Å². The maximum atomic E-state index is 13.9. The van der Waals surface area contributed by atoms with Crippen molar-refractivity contribution in [3.05, 3.63) is 53.3 Å². The van der Waals surface area contributed by atoms with E-state index < -0.39 is 29.6 Å². The third-order valence-electron chi connectivity index (χ3n) is 5.33. The molecule has 34 heavy (non-hydrogen) atoms. The highest BCUT2D eigenvalue weighted by Crippen LogP contribution is 2.39. The lowest BCUT2D eigenvalue weighted by Gasteiger charge is -2.25. The average Bonchev–Trinajstić information content (AvgIpc) is 3.19. The van der Waals surface area contributed by atoms with Gasteiger partial charge in [0.2, 0.25) is 5.75 Å². The van der Waals surface area contributed by atoms with Gasteiger partial charge in [0.1, 0.15) is 19.0 Å². The van der Waals surface area contributed by atoms with Gasteiger partial charge in [-0.15, -0.1) is 0 Å². The van der Waals surface area contributed by atoms with E-state index in [9.17, 15) is 22.8 Å². The lowest BCUT2D eigenvalue weighted by atomic mass is 10.2. The van der Waals surface area contributed by atoms with Crippen molar-refractivity contribution in [3.63, 3.8) is 0 Å². The van der Waals surface area contributed by atoms with Crippen LogP contribution in [-0.4, -0.2) is 53.8 Å². The number of hydrogen-bond acceptors (Lipinski definition) is 7. The summed E-state index contributed by atoms with van der Waals surface area (Å²) in [5.41, 5.74) is -0.145. The number of halogens is 3. The number of carbonyl (C=O) groups excluding carboxylic acids is 2. The van der Waals surface area contributed by atoms with Crippen LogP contribution in [0, 0.1) is 17.5 Å². The van der Waals surface area contributed by atoms with Gasteiger partial charge in [0.15, 0.2) is 28.2 Å². The van der Waals surface area contributed by atoms with Crippen molar-refractivity contribution in [1.82, 2.24) is 4.90 Å². The van der Waals surface area contributed by atoms with Gasteiger partial charge in [-0.25, -0.2) is 18.0 Å². The average molecular weight is 497 g/mol. The third-order valence-corrected chi connectivity index (χ3v) is 6.33. The molecule has 0 bridgehead atoms. The summed E-state index contributed by atoms with van der Waals surface area (Å²) >= 11 is 1.11. The largest absolute Gasteiger partial charge is 0.486 e. The topological polar surface area (TPSA) is 74.3 Å². The van der Waals surface area contributed by atoms with Crippen LogP contribution in [0.1, 0.15) is 18.9 Å². The number of amides is 1. The number of thioether (sulfide) groups is 1. The lowest BCUT2D eigenvalue weighted by Crippen LogP contribution is -2.40. The first-order valence-corrected chi connectivity index (χ1v) is 11.4. The van der Waals surface area contributed by atoms with Crippen molar-refractivity contribution >= 4 is 23.0 Å². The number of fused-ring (bicyclic) bond motifs is 1. The van der Waals surface area contributed by atoms with E-state index in [2.05, 4.69) is 0 Å². The van der Waals surface area contributed by atoms with Gasteiger partial charge in [-0.2, -0.15) is 0 Å². The maximum Gasteiger partial charge on any atom is 0.415 e. The Bertz CT molecular complexity index is 1080. The molecule has 2 aliphatic heterocycles. The van der Waals surface area contributed by atoms with Gasteiger partial charge in [0, 0.05) is 30.3 Å².